The maximum atomic E-state index is 9.32. The Kier molecular flexibility index (Phi) is 2.54. The Morgan fingerprint density at radius 3 is 2.33 bits per heavy atom. The van der Waals surface area contributed by atoms with Crippen molar-refractivity contribution in [3.63, 3.8) is 0 Å². The fraction of sp³-hybridized carbons (Fsp3) is 0.0833. The van der Waals surface area contributed by atoms with Crippen LogP contribution < -0.4 is 4.57 Å². The highest BCUT2D eigenvalue weighted by atomic mass is 16.3. The standard InChI is InChI=1S/C12H11NO2/c14-11-5-4-10(8-12(11)15)9-13-6-2-1-3-7-13/h1-8H,9H2,(H-,14,15)/p+1. The van der Waals surface area contributed by atoms with Crippen LogP contribution in [-0.2, 0) is 6.54 Å². The molecule has 2 rings (SSSR count). The molecule has 15 heavy (non-hydrogen) atoms. The van der Waals surface area contributed by atoms with Crippen molar-refractivity contribution in [2.24, 2.45) is 0 Å². The number of phenols is 2. The quantitative estimate of drug-likeness (QED) is 0.571. The van der Waals surface area contributed by atoms with Gasteiger partial charge in [0, 0.05) is 17.7 Å². The largest absolute Gasteiger partial charge is 0.504 e. The first-order valence-corrected chi connectivity index (χ1v) is 4.70. The van der Waals surface area contributed by atoms with Gasteiger partial charge in [-0.1, -0.05) is 6.07 Å². The highest BCUT2D eigenvalue weighted by molar-refractivity contribution is 5.40. The highest BCUT2D eigenvalue weighted by Gasteiger charge is 2.04. The van der Waals surface area contributed by atoms with Crippen molar-refractivity contribution in [3.8, 4) is 11.5 Å². The summed E-state index contributed by atoms with van der Waals surface area (Å²) >= 11 is 0. The summed E-state index contributed by atoms with van der Waals surface area (Å²) in [5.74, 6) is -0.166. The molecule has 0 amide bonds. The van der Waals surface area contributed by atoms with Gasteiger partial charge in [-0.15, -0.1) is 0 Å². The van der Waals surface area contributed by atoms with Crippen LogP contribution in [0.15, 0.2) is 48.8 Å². The number of benzene rings is 1. The molecule has 0 aliphatic carbocycles. The Hall–Kier alpha value is -2.03. The van der Waals surface area contributed by atoms with Gasteiger partial charge in [-0.3, -0.25) is 0 Å². The Balaban J connectivity index is 2.22. The van der Waals surface area contributed by atoms with Crippen LogP contribution >= 0.6 is 0 Å². The second-order valence-electron chi connectivity index (χ2n) is 3.37. The summed E-state index contributed by atoms with van der Waals surface area (Å²) < 4.78 is 1.99. The summed E-state index contributed by atoms with van der Waals surface area (Å²) in [6.45, 7) is 0.675. The Bertz CT molecular complexity index is 454. The summed E-state index contributed by atoms with van der Waals surface area (Å²) in [5, 5.41) is 18.5. The van der Waals surface area contributed by atoms with E-state index in [4.69, 9.17) is 5.11 Å². The number of nitrogens with zero attached hydrogens (tertiary/aromatic N) is 1. The van der Waals surface area contributed by atoms with Gasteiger partial charge in [0.15, 0.2) is 30.4 Å². The number of aromatic nitrogens is 1. The minimum atomic E-state index is -0.0863. The second kappa shape index (κ2) is 4.00. The van der Waals surface area contributed by atoms with Crippen LogP contribution in [0.4, 0.5) is 0 Å². The molecule has 1 heterocycles. The van der Waals surface area contributed by atoms with Crippen LogP contribution in [0.25, 0.3) is 0 Å². The zero-order valence-corrected chi connectivity index (χ0v) is 8.17. The predicted octanol–water partition coefficient (Wildman–Crippen LogP) is 1.43. The fourth-order valence-corrected chi connectivity index (χ4v) is 1.42. The van der Waals surface area contributed by atoms with Crippen molar-refractivity contribution >= 4 is 0 Å². The van der Waals surface area contributed by atoms with Gasteiger partial charge in [-0.25, -0.2) is 4.57 Å². The topological polar surface area (TPSA) is 44.3 Å². The molecule has 3 heteroatoms. The van der Waals surface area contributed by atoms with E-state index in [0.29, 0.717) is 6.54 Å². The molecule has 0 spiro atoms. The SMILES string of the molecule is Oc1ccc(C[n+]2ccccc2)cc1O. The molecular formula is C12H12NO2+. The van der Waals surface area contributed by atoms with Gasteiger partial charge in [0.2, 0.25) is 0 Å². The van der Waals surface area contributed by atoms with E-state index in [1.165, 1.54) is 6.07 Å². The monoisotopic (exact) mass is 202 g/mol. The lowest BCUT2D eigenvalue weighted by atomic mass is 10.2. The molecule has 0 unspecified atom stereocenters. The second-order valence-corrected chi connectivity index (χ2v) is 3.37. The van der Waals surface area contributed by atoms with Crippen molar-refractivity contribution in [2.75, 3.05) is 0 Å². The molecular weight excluding hydrogens is 190 g/mol. The van der Waals surface area contributed by atoms with Crippen molar-refractivity contribution in [1.29, 1.82) is 0 Å². The third-order valence-corrected chi connectivity index (χ3v) is 2.18. The molecule has 0 fully saturated rings. The van der Waals surface area contributed by atoms with Crippen molar-refractivity contribution in [1.82, 2.24) is 0 Å². The molecule has 2 aromatic rings. The Labute approximate surface area is 87.9 Å². The van der Waals surface area contributed by atoms with E-state index in [1.54, 1.807) is 12.1 Å². The number of aromatic hydroxyl groups is 2. The lowest BCUT2D eigenvalue weighted by molar-refractivity contribution is -0.688. The average molecular weight is 202 g/mol. The first-order valence-electron chi connectivity index (χ1n) is 4.70. The third kappa shape index (κ3) is 2.26. The molecule has 0 saturated heterocycles. The molecule has 0 saturated carbocycles. The molecule has 0 radical (unpaired) electrons. The van der Waals surface area contributed by atoms with Gasteiger partial charge in [0.1, 0.15) is 0 Å². The average Bonchev–Trinajstić information content (AvgIpc) is 2.25. The van der Waals surface area contributed by atoms with Crippen LogP contribution in [0.1, 0.15) is 5.56 Å². The van der Waals surface area contributed by atoms with Crippen LogP contribution in [0, 0.1) is 0 Å². The van der Waals surface area contributed by atoms with E-state index in [0.717, 1.165) is 5.56 Å². The molecule has 0 aliphatic heterocycles. The minimum absolute atomic E-state index is 0.0796. The first kappa shape index (κ1) is 9.52. The molecule has 0 aliphatic rings. The number of pyridine rings is 1. The Morgan fingerprint density at radius 2 is 1.67 bits per heavy atom. The zero-order valence-electron chi connectivity index (χ0n) is 8.17. The van der Waals surface area contributed by atoms with Crippen molar-refractivity contribution < 1.29 is 14.8 Å². The smallest absolute Gasteiger partial charge is 0.173 e. The van der Waals surface area contributed by atoms with Gasteiger partial charge < -0.3 is 10.2 Å². The van der Waals surface area contributed by atoms with Crippen LogP contribution in [-0.4, -0.2) is 10.2 Å². The zero-order chi connectivity index (χ0) is 10.7. The van der Waals surface area contributed by atoms with Crippen molar-refractivity contribution in [3.05, 3.63) is 54.4 Å². The summed E-state index contributed by atoms with van der Waals surface area (Å²) in [5.41, 5.74) is 0.946. The molecule has 3 nitrogen and oxygen atoms in total. The molecule has 0 atom stereocenters. The summed E-state index contributed by atoms with van der Waals surface area (Å²) in [4.78, 5) is 0. The maximum absolute atomic E-state index is 9.32. The summed E-state index contributed by atoms with van der Waals surface area (Å²) in [7, 11) is 0. The van der Waals surface area contributed by atoms with E-state index < -0.39 is 0 Å². The molecule has 1 aromatic heterocycles. The molecule has 76 valence electrons. The number of hydrogen-bond donors (Lipinski definition) is 2. The molecule has 1 aromatic carbocycles. The van der Waals surface area contributed by atoms with Gasteiger partial charge in [0.05, 0.1) is 0 Å². The number of phenolic OH excluding ortho intramolecular Hbond substituents is 2. The van der Waals surface area contributed by atoms with Crippen LogP contribution in [0.3, 0.4) is 0 Å². The van der Waals surface area contributed by atoms with Gasteiger partial charge >= 0.3 is 0 Å². The van der Waals surface area contributed by atoms with E-state index in [9.17, 15) is 5.11 Å². The third-order valence-electron chi connectivity index (χ3n) is 2.18. The lowest BCUT2D eigenvalue weighted by Crippen LogP contribution is -2.32. The minimum Gasteiger partial charge on any atom is -0.504 e. The normalized spacial score (nSPS) is 10.1. The van der Waals surface area contributed by atoms with Crippen LogP contribution in [0.2, 0.25) is 0 Å². The van der Waals surface area contributed by atoms with Gasteiger partial charge in [-0.2, -0.15) is 0 Å². The van der Waals surface area contributed by atoms with Gasteiger partial charge in [-0.05, 0) is 18.2 Å². The summed E-state index contributed by atoms with van der Waals surface area (Å²) in [6.07, 6.45) is 3.90. The van der Waals surface area contributed by atoms with Crippen molar-refractivity contribution in [2.45, 2.75) is 6.54 Å². The maximum Gasteiger partial charge on any atom is 0.173 e. The van der Waals surface area contributed by atoms with E-state index in [2.05, 4.69) is 0 Å². The lowest BCUT2D eigenvalue weighted by Gasteiger charge is -2.00. The van der Waals surface area contributed by atoms with Gasteiger partial charge in [0.25, 0.3) is 0 Å². The first-order chi connectivity index (χ1) is 7.25. The summed E-state index contributed by atoms with van der Waals surface area (Å²) in [6, 6.07) is 10.7. The number of rotatable bonds is 2. The number of hydrogen-bond acceptors (Lipinski definition) is 2. The highest BCUT2D eigenvalue weighted by Crippen LogP contribution is 2.24. The predicted molar refractivity (Wildman–Crippen MR) is 55.5 cm³/mol. The fourth-order valence-electron chi connectivity index (χ4n) is 1.42. The molecule has 2 N–H and O–H groups in total. The Morgan fingerprint density at radius 1 is 0.933 bits per heavy atom. The van der Waals surface area contributed by atoms with E-state index in [1.807, 2.05) is 35.2 Å². The molecule has 0 bridgehead atoms. The van der Waals surface area contributed by atoms with E-state index in [-0.39, 0.29) is 11.5 Å². The van der Waals surface area contributed by atoms with Crippen LogP contribution in [0.5, 0.6) is 11.5 Å². The van der Waals surface area contributed by atoms with E-state index >= 15 is 0 Å².